The molecule has 1 N–H and O–H groups in total. The molecule has 0 aromatic heterocycles. The maximum Gasteiger partial charge on any atom is 0.261 e. The molecule has 0 spiro atoms. The summed E-state index contributed by atoms with van der Waals surface area (Å²) in [5.41, 5.74) is 3.43. The Hall–Kier alpha value is -2.82. The SMILES string of the molecule is CCCCNC(=O)[C@H](CC)N(CCc1ccccc1)C(=O)COc1ccc(C)c(C)c1. The summed E-state index contributed by atoms with van der Waals surface area (Å²) < 4.78 is 5.79. The summed E-state index contributed by atoms with van der Waals surface area (Å²) >= 11 is 0. The van der Waals surface area contributed by atoms with Gasteiger partial charge in [-0.1, -0.05) is 56.7 Å². The lowest BCUT2D eigenvalue weighted by Gasteiger charge is -2.30. The van der Waals surface area contributed by atoms with Crippen LogP contribution in [0.4, 0.5) is 0 Å². The second kappa shape index (κ2) is 12.8. The molecule has 0 aliphatic heterocycles. The molecule has 1 atom stereocenters. The molecule has 5 heteroatoms. The van der Waals surface area contributed by atoms with Crippen LogP contribution in [-0.2, 0) is 16.0 Å². The third kappa shape index (κ3) is 7.74. The van der Waals surface area contributed by atoms with E-state index in [1.165, 1.54) is 5.56 Å². The van der Waals surface area contributed by atoms with E-state index in [1.807, 2.05) is 69.3 Å². The first-order chi connectivity index (χ1) is 15.0. The molecule has 0 aliphatic rings. The molecule has 0 fully saturated rings. The van der Waals surface area contributed by atoms with Crippen LogP contribution < -0.4 is 10.1 Å². The lowest BCUT2D eigenvalue weighted by atomic mass is 10.1. The van der Waals surface area contributed by atoms with Gasteiger partial charge >= 0.3 is 0 Å². The second-order valence-corrected chi connectivity index (χ2v) is 7.93. The molecule has 2 aromatic rings. The van der Waals surface area contributed by atoms with Crippen molar-refractivity contribution >= 4 is 11.8 Å². The number of nitrogens with one attached hydrogen (secondary N) is 1. The topological polar surface area (TPSA) is 58.6 Å². The fourth-order valence-corrected chi connectivity index (χ4v) is 3.43. The van der Waals surface area contributed by atoms with Crippen LogP contribution in [0, 0.1) is 13.8 Å². The van der Waals surface area contributed by atoms with Crippen LogP contribution in [0.3, 0.4) is 0 Å². The highest BCUT2D eigenvalue weighted by Gasteiger charge is 2.28. The average Bonchev–Trinajstić information content (AvgIpc) is 2.78. The van der Waals surface area contributed by atoms with Crippen LogP contribution in [0.15, 0.2) is 48.5 Å². The number of carbonyl (C=O) groups excluding carboxylic acids is 2. The minimum absolute atomic E-state index is 0.0873. The lowest BCUT2D eigenvalue weighted by Crippen LogP contribution is -2.51. The molecule has 0 saturated heterocycles. The lowest BCUT2D eigenvalue weighted by molar-refractivity contribution is -0.142. The van der Waals surface area contributed by atoms with Gasteiger partial charge in [0.05, 0.1) is 0 Å². The van der Waals surface area contributed by atoms with E-state index < -0.39 is 6.04 Å². The number of ether oxygens (including phenoxy) is 1. The fourth-order valence-electron chi connectivity index (χ4n) is 3.43. The van der Waals surface area contributed by atoms with Gasteiger partial charge in [-0.05, 0) is 61.9 Å². The molecular formula is C26H36N2O3. The van der Waals surface area contributed by atoms with Crippen molar-refractivity contribution in [2.45, 2.75) is 59.4 Å². The highest BCUT2D eigenvalue weighted by molar-refractivity contribution is 5.88. The van der Waals surface area contributed by atoms with E-state index in [1.54, 1.807) is 4.90 Å². The number of rotatable bonds is 12. The third-order valence-corrected chi connectivity index (χ3v) is 5.54. The Balaban J connectivity index is 2.10. The van der Waals surface area contributed by atoms with Crippen molar-refractivity contribution in [1.82, 2.24) is 10.2 Å². The number of nitrogens with zero attached hydrogens (tertiary/aromatic N) is 1. The molecule has 0 unspecified atom stereocenters. The molecule has 0 bridgehead atoms. The van der Waals surface area contributed by atoms with Gasteiger partial charge in [0.25, 0.3) is 5.91 Å². The fraction of sp³-hybridized carbons (Fsp3) is 0.462. The Labute approximate surface area is 186 Å². The van der Waals surface area contributed by atoms with E-state index in [2.05, 4.69) is 12.2 Å². The molecule has 2 amide bonds. The summed E-state index contributed by atoms with van der Waals surface area (Å²) in [4.78, 5) is 27.6. The highest BCUT2D eigenvalue weighted by Crippen LogP contribution is 2.17. The van der Waals surface area contributed by atoms with E-state index in [0.29, 0.717) is 31.7 Å². The summed E-state index contributed by atoms with van der Waals surface area (Å²) in [5.74, 6) is 0.398. The normalized spacial score (nSPS) is 11.6. The quantitative estimate of drug-likeness (QED) is 0.512. The van der Waals surface area contributed by atoms with Crippen LogP contribution in [0.1, 0.15) is 49.8 Å². The van der Waals surface area contributed by atoms with Gasteiger partial charge in [0.2, 0.25) is 5.91 Å². The molecule has 0 saturated carbocycles. The molecule has 5 nitrogen and oxygen atoms in total. The first kappa shape index (κ1) is 24.4. The minimum Gasteiger partial charge on any atom is -0.484 e. The maximum atomic E-state index is 13.1. The van der Waals surface area contributed by atoms with Crippen LogP contribution >= 0.6 is 0 Å². The van der Waals surface area contributed by atoms with E-state index in [0.717, 1.165) is 24.0 Å². The van der Waals surface area contributed by atoms with E-state index >= 15 is 0 Å². The number of hydrogen-bond acceptors (Lipinski definition) is 3. The number of carbonyl (C=O) groups is 2. The molecular weight excluding hydrogens is 388 g/mol. The first-order valence-corrected chi connectivity index (χ1v) is 11.3. The summed E-state index contributed by atoms with van der Waals surface area (Å²) in [6, 6.07) is 15.3. The smallest absolute Gasteiger partial charge is 0.261 e. The van der Waals surface area contributed by atoms with E-state index in [9.17, 15) is 9.59 Å². The van der Waals surface area contributed by atoms with Gasteiger partial charge in [-0.2, -0.15) is 0 Å². The van der Waals surface area contributed by atoms with Crippen molar-refractivity contribution in [3.8, 4) is 5.75 Å². The summed E-state index contributed by atoms with van der Waals surface area (Å²) in [6.45, 7) is 9.10. The first-order valence-electron chi connectivity index (χ1n) is 11.3. The Morgan fingerprint density at radius 1 is 1.03 bits per heavy atom. The second-order valence-electron chi connectivity index (χ2n) is 7.93. The van der Waals surface area contributed by atoms with Crippen molar-refractivity contribution in [1.29, 1.82) is 0 Å². The molecule has 2 rings (SSSR count). The Bertz CT molecular complexity index is 836. The third-order valence-electron chi connectivity index (χ3n) is 5.54. The van der Waals surface area contributed by atoms with Gasteiger partial charge in [0.15, 0.2) is 6.61 Å². The van der Waals surface area contributed by atoms with Crippen molar-refractivity contribution in [2.24, 2.45) is 0 Å². The molecule has 2 aromatic carbocycles. The van der Waals surface area contributed by atoms with Crippen LogP contribution in [0.25, 0.3) is 0 Å². The predicted molar refractivity (Wildman–Crippen MR) is 125 cm³/mol. The Kier molecular flexibility index (Phi) is 10.1. The van der Waals surface area contributed by atoms with E-state index in [-0.39, 0.29) is 18.4 Å². The Morgan fingerprint density at radius 2 is 1.77 bits per heavy atom. The zero-order valence-electron chi connectivity index (χ0n) is 19.3. The summed E-state index contributed by atoms with van der Waals surface area (Å²) in [5, 5.41) is 2.98. The molecule has 0 heterocycles. The Morgan fingerprint density at radius 3 is 2.42 bits per heavy atom. The van der Waals surface area contributed by atoms with Crippen LogP contribution in [0.2, 0.25) is 0 Å². The number of benzene rings is 2. The van der Waals surface area contributed by atoms with Gasteiger partial charge in [-0.25, -0.2) is 0 Å². The van der Waals surface area contributed by atoms with Crippen molar-refractivity contribution in [3.05, 3.63) is 65.2 Å². The zero-order valence-corrected chi connectivity index (χ0v) is 19.3. The van der Waals surface area contributed by atoms with E-state index in [4.69, 9.17) is 4.74 Å². The number of hydrogen-bond donors (Lipinski definition) is 1. The monoisotopic (exact) mass is 424 g/mol. The minimum atomic E-state index is -0.503. The average molecular weight is 425 g/mol. The van der Waals surface area contributed by atoms with Crippen LogP contribution in [0.5, 0.6) is 5.75 Å². The molecule has 0 aliphatic carbocycles. The highest BCUT2D eigenvalue weighted by atomic mass is 16.5. The van der Waals surface area contributed by atoms with Gasteiger partial charge in [0.1, 0.15) is 11.8 Å². The van der Waals surface area contributed by atoms with Gasteiger partial charge < -0.3 is 15.0 Å². The standard InChI is InChI=1S/C26H36N2O3/c1-5-7-16-27-26(30)24(6-2)28(17-15-22-11-9-8-10-12-22)25(29)19-31-23-14-13-20(3)21(4)18-23/h8-14,18,24H,5-7,15-17,19H2,1-4H3,(H,27,30)/t24-/m0/s1. The van der Waals surface area contributed by atoms with Gasteiger partial charge in [0, 0.05) is 13.1 Å². The summed E-state index contributed by atoms with van der Waals surface area (Å²) in [7, 11) is 0. The molecule has 31 heavy (non-hydrogen) atoms. The molecule has 168 valence electrons. The van der Waals surface area contributed by atoms with Gasteiger partial charge in [-0.15, -0.1) is 0 Å². The number of unbranched alkanes of at least 4 members (excludes halogenated alkanes) is 1. The van der Waals surface area contributed by atoms with Crippen LogP contribution in [-0.4, -0.2) is 42.5 Å². The maximum absolute atomic E-state index is 13.1. The molecule has 0 radical (unpaired) electrons. The zero-order chi connectivity index (χ0) is 22.6. The largest absolute Gasteiger partial charge is 0.484 e. The van der Waals surface area contributed by atoms with Crippen molar-refractivity contribution < 1.29 is 14.3 Å². The summed E-state index contributed by atoms with van der Waals surface area (Å²) in [6.07, 6.45) is 3.19. The number of aryl methyl sites for hydroxylation is 2. The van der Waals surface area contributed by atoms with Gasteiger partial charge in [-0.3, -0.25) is 9.59 Å². The number of amides is 2. The van der Waals surface area contributed by atoms with Crippen molar-refractivity contribution in [2.75, 3.05) is 19.7 Å². The van der Waals surface area contributed by atoms with Crippen molar-refractivity contribution in [3.63, 3.8) is 0 Å². The predicted octanol–water partition coefficient (Wildman–Crippen LogP) is 4.45.